The summed E-state index contributed by atoms with van der Waals surface area (Å²) in [5.74, 6) is 0.910. The van der Waals surface area contributed by atoms with Crippen molar-refractivity contribution in [1.29, 1.82) is 0 Å². The summed E-state index contributed by atoms with van der Waals surface area (Å²) in [4.78, 5) is 21.0. The highest BCUT2D eigenvalue weighted by atomic mass is 16.5. The highest BCUT2D eigenvalue weighted by molar-refractivity contribution is 5.98. The molecule has 158 valence electrons. The number of fused-ring (bicyclic) bond motifs is 1. The van der Waals surface area contributed by atoms with E-state index in [4.69, 9.17) is 4.74 Å². The fraction of sp³-hybridized carbons (Fsp3) is 0.524. The molecular formula is C21H27N7O2. The Morgan fingerprint density at radius 1 is 1.23 bits per heavy atom. The van der Waals surface area contributed by atoms with Crippen molar-refractivity contribution >= 4 is 16.8 Å². The molecule has 30 heavy (non-hydrogen) atoms. The van der Waals surface area contributed by atoms with Gasteiger partial charge in [-0.25, -0.2) is 4.68 Å². The van der Waals surface area contributed by atoms with Gasteiger partial charge < -0.3 is 14.6 Å². The molecule has 2 fully saturated rings. The van der Waals surface area contributed by atoms with Crippen LogP contribution in [0.15, 0.2) is 30.5 Å². The third kappa shape index (κ3) is 3.18. The zero-order chi connectivity index (χ0) is 20.6. The van der Waals surface area contributed by atoms with E-state index in [0.717, 1.165) is 41.8 Å². The number of aromatic nitrogens is 5. The molecule has 9 nitrogen and oxygen atoms in total. The molecule has 0 saturated carbocycles. The number of hydrogen-bond donors (Lipinski definition) is 1. The minimum absolute atomic E-state index is 0.0649. The average molecular weight is 409 g/mol. The van der Waals surface area contributed by atoms with Crippen molar-refractivity contribution < 1.29 is 9.53 Å². The minimum atomic E-state index is -0.346. The maximum Gasteiger partial charge on any atom is 0.253 e. The predicted octanol–water partition coefficient (Wildman–Crippen LogP) is 1.64. The minimum Gasteiger partial charge on any atom is -0.383 e. The molecule has 0 radical (unpaired) electrons. The number of aromatic amines is 1. The lowest BCUT2D eigenvalue weighted by molar-refractivity contribution is 0.0698. The van der Waals surface area contributed by atoms with Gasteiger partial charge in [0.25, 0.3) is 5.91 Å². The Balaban J connectivity index is 1.45. The molecule has 0 bridgehead atoms. The molecule has 1 aromatic carbocycles. The molecule has 0 spiro atoms. The Morgan fingerprint density at radius 2 is 2.10 bits per heavy atom. The molecule has 0 aliphatic carbocycles. The second-order valence-corrected chi connectivity index (χ2v) is 8.20. The van der Waals surface area contributed by atoms with Gasteiger partial charge in [-0.1, -0.05) is 0 Å². The quantitative estimate of drug-likeness (QED) is 0.665. The van der Waals surface area contributed by atoms with Crippen molar-refractivity contribution in [3.05, 3.63) is 41.9 Å². The van der Waals surface area contributed by atoms with Crippen molar-refractivity contribution in [2.75, 3.05) is 39.9 Å². The highest BCUT2D eigenvalue weighted by Gasteiger charge is 2.50. The molecule has 1 unspecified atom stereocenters. The van der Waals surface area contributed by atoms with Crippen molar-refractivity contribution in [1.82, 2.24) is 35.0 Å². The van der Waals surface area contributed by atoms with E-state index in [0.29, 0.717) is 26.2 Å². The first-order chi connectivity index (χ1) is 14.7. The van der Waals surface area contributed by atoms with Crippen LogP contribution in [-0.2, 0) is 16.8 Å². The van der Waals surface area contributed by atoms with Gasteiger partial charge in [0.15, 0.2) is 5.82 Å². The van der Waals surface area contributed by atoms with E-state index in [1.54, 1.807) is 7.11 Å². The van der Waals surface area contributed by atoms with Gasteiger partial charge in [0, 0.05) is 42.9 Å². The van der Waals surface area contributed by atoms with Crippen molar-refractivity contribution in [3.63, 3.8) is 0 Å². The Kier molecular flexibility index (Phi) is 5.00. The van der Waals surface area contributed by atoms with E-state index in [1.165, 1.54) is 12.8 Å². The number of hydrogen-bond acceptors (Lipinski definition) is 6. The summed E-state index contributed by atoms with van der Waals surface area (Å²) in [6, 6.07) is 7.83. The first kappa shape index (κ1) is 19.2. The largest absolute Gasteiger partial charge is 0.383 e. The van der Waals surface area contributed by atoms with Crippen LogP contribution in [0.1, 0.15) is 35.4 Å². The summed E-state index contributed by atoms with van der Waals surface area (Å²) in [5.41, 5.74) is 1.41. The molecule has 3 aromatic rings. The summed E-state index contributed by atoms with van der Waals surface area (Å²) in [7, 11) is 1.68. The summed E-state index contributed by atoms with van der Waals surface area (Å²) < 4.78 is 7.09. The Labute approximate surface area is 175 Å². The van der Waals surface area contributed by atoms with Gasteiger partial charge >= 0.3 is 0 Å². The monoisotopic (exact) mass is 409 g/mol. The van der Waals surface area contributed by atoms with Crippen LogP contribution in [0.5, 0.6) is 0 Å². The predicted molar refractivity (Wildman–Crippen MR) is 111 cm³/mol. The maximum atomic E-state index is 13.4. The summed E-state index contributed by atoms with van der Waals surface area (Å²) in [6.45, 7) is 4.46. The number of benzene rings is 1. The first-order valence-electron chi connectivity index (χ1n) is 10.6. The Morgan fingerprint density at radius 3 is 2.93 bits per heavy atom. The molecule has 1 N–H and O–H groups in total. The lowest BCUT2D eigenvalue weighted by Crippen LogP contribution is -2.49. The summed E-state index contributed by atoms with van der Waals surface area (Å²) in [6.07, 6.45) is 5.06. The lowest BCUT2D eigenvalue weighted by Gasteiger charge is -2.37. The first-order valence-corrected chi connectivity index (χ1v) is 10.6. The van der Waals surface area contributed by atoms with Gasteiger partial charge in [-0.3, -0.25) is 9.69 Å². The van der Waals surface area contributed by atoms with Crippen LogP contribution < -0.4 is 0 Å². The lowest BCUT2D eigenvalue weighted by atomic mass is 9.95. The molecule has 2 saturated heterocycles. The molecular weight excluding hydrogens is 382 g/mol. The number of tetrazole rings is 1. The van der Waals surface area contributed by atoms with Crippen LogP contribution >= 0.6 is 0 Å². The van der Waals surface area contributed by atoms with Crippen LogP contribution in [0.25, 0.3) is 10.9 Å². The fourth-order valence-corrected chi connectivity index (χ4v) is 4.93. The van der Waals surface area contributed by atoms with Crippen molar-refractivity contribution in [3.8, 4) is 0 Å². The van der Waals surface area contributed by atoms with E-state index < -0.39 is 0 Å². The SMILES string of the molecule is COCCn1nnnc1C1(N2CCCC2)CCN(C(=O)c2ccc3[nH]ccc3c2)C1. The number of methoxy groups -OCH3 is 1. The van der Waals surface area contributed by atoms with Gasteiger partial charge in [-0.15, -0.1) is 5.10 Å². The number of carbonyl (C=O) groups excluding carboxylic acids is 1. The highest BCUT2D eigenvalue weighted by Crippen LogP contribution is 2.39. The van der Waals surface area contributed by atoms with Crippen LogP contribution in [0.2, 0.25) is 0 Å². The van der Waals surface area contributed by atoms with Gasteiger partial charge in [0.05, 0.1) is 13.2 Å². The number of carbonyl (C=O) groups is 1. The van der Waals surface area contributed by atoms with Crippen molar-refractivity contribution in [2.45, 2.75) is 31.3 Å². The number of nitrogens with one attached hydrogen (secondary N) is 1. The van der Waals surface area contributed by atoms with Gasteiger partial charge in [0.1, 0.15) is 5.54 Å². The molecule has 9 heteroatoms. The summed E-state index contributed by atoms with van der Waals surface area (Å²) in [5, 5.41) is 13.7. The van der Waals surface area contributed by atoms with Gasteiger partial charge in [-0.05, 0) is 67.0 Å². The van der Waals surface area contributed by atoms with E-state index in [1.807, 2.05) is 40.0 Å². The smallest absolute Gasteiger partial charge is 0.253 e. The second kappa shape index (κ2) is 7.81. The molecule has 4 heterocycles. The zero-order valence-corrected chi connectivity index (χ0v) is 17.3. The maximum absolute atomic E-state index is 13.4. The third-order valence-corrected chi connectivity index (χ3v) is 6.50. The van der Waals surface area contributed by atoms with Crippen LogP contribution in [-0.4, -0.2) is 80.8 Å². The number of amides is 1. The van der Waals surface area contributed by atoms with Crippen molar-refractivity contribution in [2.24, 2.45) is 0 Å². The molecule has 2 aliphatic rings. The molecule has 2 aromatic heterocycles. The number of nitrogens with zero attached hydrogens (tertiary/aromatic N) is 6. The molecule has 1 amide bonds. The van der Waals surface area contributed by atoms with E-state index in [9.17, 15) is 4.79 Å². The standard InChI is InChI=1S/C21H27N7O2/c1-30-13-12-28-20(23-24-25-28)21(27-9-2-3-10-27)7-11-26(15-21)19(29)17-4-5-18-16(14-17)6-8-22-18/h4-6,8,14,22H,2-3,7,9-13,15H2,1H3. The van der Waals surface area contributed by atoms with Gasteiger partial charge in [-0.2, -0.15) is 0 Å². The molecule has 5 rings (SSSR count). The Hall–Kier alpha value is -2.78. The fourth-order valence-electron chi connectivity index (χ4n) is 4.93. The normalized spacial score (nSPS) is 22.4. The topological polar surface area (TPSA) is 92.2 Å². The Bertz CT molecular complexity index is 1040. The summed E-state index contributed by atoms with van der Waals surface area (Å²) >= 11 is 0. The average Bonchev–Trinajstić information content (AvgIpc) is 3.55. The number of rotatable bonds is 6. The van der Waals surface area contributed by atoms with E-state index >= 15 is 0 Å². The third-order valence-electron chi connectivity index (χ3n) is 6.50. The second-order valence-electron chi connectivity index (χ2n) is 8.20. The number of ether oxygens (including phenoxy) is 1. The van der Waals surface area contributed by atoms with Crippen LogP contribution in [0, 0.1) is 0 Å². The number of likely N-dealkylation sites (tertiary alicyclic amines) is 2. The number of H-pyrrole nitrogens is 1. The molecule has 2 aliphatic heterocycles. The van der Waals surface area contributed by atoms with E-state index in [2.05, 4.69) is 25.4 Å². The van der Waals surface area contributed by atoms with Gasteiger partial charge in [0.2, 0.25) is 0 Å². The zero-order valence-electron chi connectivity index (χ0n) is 17.3. The van der Waals surface area contributed by atoms with E-state index in [-0.39, 0.29) is 11.4 Å². The molecule has 1 atom stereocenters. The van der Waals surface area contributed by atoms with Crippen LogP contribution in [0.4, 0.5) is 0 Å². The van der Waals surface area contributed by atoms with Crippen LogP contribution in [0.3, 0.4) is 0 Å².